The predicted molar refractivity (Wildman–Crippen MR) is 78.2 cm³/mol. The fraction of sp³-hybridized carbons (Fsp3) is 0.643. The van der Waals surface area contributed by atoms with Crippen LogP contribution in [0.15, 0.2) is 12.1 Å². The molecule has 18 heavy (non-hydrogen) atoms. The first-order chi connectivity index (χ1) is 8.49. The number of rotatable bonds is 7. The SMILES string of the molecule is Cc1ccc(CC(C)NCCCC(=O)N(C)C)s1. The Bertz CT molecular complexity index is 374. The molecule has 0 aliphatic carbocycles. The molecule has 0 fully saturated rings. The lowest BCUT2D eigenvalue weighted by Gasteiger charge is -2.14. The minimum absolute atomic E-state index is 0.207. The van der Waals surface area contributed by atoms with Crippen LogP contribution in [0.4, 0.5) is 0 Å². The Kier molecular flexibility index (Phi) is 6.36. The Hall–Kier alpha value is -0.870. The van der Waals surface area contributed by atoms with Crippen LogP contribution in [0, 0.1) is 6.92 Å². The zero-order valence-electron chi connectivity index (χ0n) is 11.8. The number of amides is 1. The van der Waals surface area contributed by atoms with Gasteiger partial charge in [-0.15, -0.1) is 11.3 Å². The highest BCUT2D eigenvalue weighted by molar-refractivity contribution is 7.11. The van der Waals surface area contributed by atoms with Crippen molar-refractivity contribution in [1.82, 2.24) is 10.2 Å². The van der Waals surface area contributed by atoms with E-state index in [0.29, 0.717) is 12.5 Å². The van der Waals surface area contributed by atoms with Crippen molar-refractivity contribution in [2.45, 2.75) is 39.2 Å². The molecule has 0 saturated carbocycles. The van der Waals surface area contributed by atoms with E-state index in [1.54, 1.807) is 19.0 Å². The summed E-state index contributed by atoms with van der Waals surface area (Å²) < 4.78 is 0. The molecule has 1 N–H and O–H groups in total. The molecule has 1 amide bonds. The molecule has 1 unspecified atom stereocenters. The number of nitrogens with one attached hydrogen (secondary N) is 1. The summed E-state index contributed by atoms with van der Waals surface area (Å²) in [6, 6.07) is 4.84. The molecule has 1 rings (SSSR count). The van der Waals surface area contributed by atoms with Crippen molar-refractivity contribution in [3.63, 3.8) is 0 Å². The van der Waals surface area contributed by atoms with Crippen LogP contribution in [0.1, 0.15) is 29.5 Å². The summed E-state index contributed by atoms with van der Waals surface area (Å²) in [7, 11) is 3.61. The van der Waals surface area contributed by atoms with Gasteiger partial charge in [0, 0.05) is 36.3 Å². The molecule has 0 radical (unpaired) electrons. The van der Waals surface area contributed by atoms with E-state index in [1.807, 2.05) is 11.3 Å². The molecule has 1 atom stereocenters. The maximum atomic E-state index is 11.4. The normalized spacial score (nSPS) is 12.4. The summed E-state index contributed by atoms with van der Waals surface area (Å²) in [6.07, 6.45) is 2.61. The van der Waals surface area contributed by atoms with Crippen LogP contribution < -0.4 is 5.32 Å². The lowest BCUT2D eigenvalue weighted by atomic mass is 10.2. The largest absolute Gasteiger partial charge is 0.349 e. The quantitative estimate of drug-likeness (QED) is 0.770. The second kappa shape index (κ2) is 7.54. The number of thiophene rings is 1. The minimum atomic E-state index is 0.207. The third-order valence-corrected chi connectivity index (χ3v) is 3.89. The number of carbonyl (C=O) groups is 1. The van der Waals surface area contributed by atoms with Crippen molar-refractivity contribution in [2.24, 2.45) is 0 Å². The highest BCUT2D eigenvalue weighted by Gasteiger charge is 2.06. The van der Waals surface area contributed by atoms with Gasteiger partial charge in [0.1, 0.15) is 0 Å². The van der Waals surface area contributed by atoms with E-state index in [1.165, 1.54) is 9.75 Å². The summed E-state index contributed by atoms with van der Waals surface area (Å²) in [5, 5.41) is 3.47. The second-order valence-corrected chi connectivity index (χ2v) is 6.34. The Balaban J connectivity index is 2.14. The molecule has 0 saturated heterocycles. The third-order valence-electron chi connectivity index (χ3n) is 2.86. The first-order valence-electron chi connectivity index (χ1n) is 6.48. The maximum Gasteiger partial charge on any atom is 0.222 e. The fourth-order valence-electron chi connectivity index (χ4n) is 1.78. The molecule has 0 bridgehead atoms. The van der Waals surface area contributed by atoms with Crippen LogP contribution in [-0.2, 0) is 11.2 Å². The van der Waals surface area contributed by atoms with Gasteiger partial charge in [-0.2, -0.15) is 0 Å². The van der Waals surface area contributed by atoms with E-state index < -0.39 is 0 Å². The smallest absolute Gasteiger partial charge is 0.222 e. The Morgan fingerprint density at radius 3 is 2.72 bits per heavy atom. The molecular formula is C14H24N2OS. The van der Waals surface area contributed by atoms with Gasteiger partial charge in [0.25, 0.3) is 0 Å². The van der Waals surface area contributed by atoms with Crippen molar-refractivity contribution in [3.8, 4) is 0 Å². The van der Waals surface area contributed by atoms with Gasteiger partial charge in [0.05, 0.1) is 0 Å². The van der Waals surface area contributed by atoms with Crippen molar-refractivity contribution >= 4 is 17.2 Å². The van der Waals surface area contributed by atoms with E-state index in [-0.39, 0.29) is 5.91 Å². The van der Waals surface area contributed by atoms with Crippen LogP contribution in [0.2, 0.25) is 0 Å². The van der Waals surface area contributed by atoms with Gasteiger partial charge >= 0.3 is 0 Å². The van der Waals surface area contributed by atoms with Crippen LogP contribution in [0.3, 0.4) is 0 Å². The third kappa shape index (κ3) is 5.65. The Labute approximate surface area is 114 Å². The molecule has 1 heterocycles. The lowest BCUT2D eigenvalue weighted by Crippen LogP contribution is -2.30. The maximum absolute atomic E-state index is 11.4. The van der Waals surface area contributed by atoms with Crippen LogP contribution in [0.5, 0.6) is 0 Å². The van der Waals surface area contributed by atoms with Crippen molar-refractivity contribution in [2.75, 3.05) is 20.6 Å². The number of nitrogens with zero attached hydrogens (tertiary/aromatic N) is 1. The average Bonchev–Trinajstić information content (AvgIpc) is 2.69. The first-order valence-corrected chi connectivity index (χ1v) is 7.29. The number of hydrogen-bond acceptors (Lipinski definition) is 3. The van der Waals surface area contributed by atoms with Gasteiger partial charge in [-0.1, -0.05) is 0 Å². The van der Waals surface area contributed by atoms with E-state index in [2.05, 4.69) is 31.3 Å². The molecular weight excluding hydrogens is 244 g/mol. The van der Waals surface area contributed by atoms with Gasteiger partial charge in [0.15, 0.2) is 0 Å². The highest BCUT2D eigenvalue weighted by Crippen LogP contribution is 2.16. The molecule has 102 valence electrons. The number of aryl methyl sites for hydroxylation is 1. The first kappa shape index (κ1) is 15.2. The number of hydrogen-bond donors (Lipinski definition) is 1. The van der Waals surface area contributed by atoms with Crippen molar-refractivity contribution < 1.29 is 4.79 Å². The summed E-state index contributed by atoms with van der Waals surface area (Å²) in [5.41, 5.74) is 0. The molecule has 1 aromatic heterocycles. The van der Waals surface area contributed by atoms with Gasteiger partial charge in [-0.05, 0) is 45.4 Å². The topological polar surface area (TPSA) is 32.3 Å². The predicted octanol–water partition coefficient (Wildman–Crippen LogP) is 2.45. The summed E-state index contributed by atoms with van der Waals surface area (Å²) >= 11 is 1.86. The zero-order chi connectivity index (χ0) is 13.5. The lowest BCUT2D eigenvalue weighted by molar-refractivity contribution is -0.128. The monoisotopic (exact) mass is 268 g/mol. The minimum Gasteiger partial charge on any atom is -0.349 e. The molecule has 0 aliphatic rings. The van der Waals surface area contributed by atoms with E-state index in [4.69, 9.17) is 0 Å². The fourth-order valence-corrected chi connectivity index (χ4v) is 2.80. The van der Waals surface area contributed by atoms with Crippen molar-refractivity contribution in [3.05, 3.63) is 21.9 Å². The molecule has 3 nitrogen and oxygen atoms in total. The summed E-state index contributed by atoms with van der Waals surface area (Å²) in [4.78, 5) is 15.8. The highest BCUT2D eigenvalue weighted by atomic mass is 32.1. The molecule has 0 aromatic carbocycles. The van der Waals surface area contributed by atoms with Gasteiger partial charge < -0.3 is 10.2 Å². The van der Waals surface area contributed by atoms with Gasteiger partial charge in [-0.3, -0.25) is 4.79 Å². The van der Waals surface area contributed by atoms with Crippen molar-refractivity contribution in [1.29, 1.82) is 0 Å². The van der Waals surface area contributed by atoms with E-state index in [9.17, 15) is 4.79 Å². The van der Waals surface area contributed by atoms with Crippen LogP contribution >= 0.6 is 11.3 Å². The Morgan fingerprint density at radius 1 is 1.44 bits per heavy atom. The van der Waals surface area contributed by atoms with E-state index in [0.717, 1.165) is 19.4 Å². The van der Waals surface area contributed by atoms with Gasteiger partial charge in [0.2, 0.25) is 5.91 Å². The zero-order valence-corrected chi connectivity index (χ0v) is 12.6. The summed E-state index contributed by atoms with van der Waals surface area (Å²) in [5.74, 6) is 0.207. The average molecular weight is 268 g/mol. The van der Waals surface area contributed by atoms with Crippen LogP contribution in [0.25, 0.3) is 0 Å². The van der Waals surface area contributed by atoms with Crippen LogP contribution in [-0.4, -0.2) is 37.5 Å². The molecule has 4 heteroatoms. The molecule has 1 aromatic rings. The van der Waals surface area contributed by atoms with Gasteiger partial charge in [-0.25, -0.2) is 0 Å². The standard InChI is InChI=1S/C14H24N2OS/c1-11(10-13-8-7-12(2)18-13)15-9-5-6-14(17)16(3)4/h7-8,11,15H,5-6,9-10H2,1-4H3. The second-order valence-electron chi connectivity index (χ2n) is 4.96. The number of carbonyl (C=O) groups excluding carboxylic acids is 1. The molecule has 0 aliphatic heterocycles. The summed E-state index contributed by atoms with van der Waals surface area (Å²) in [6.45, 7) is 5.24. The van der Waals surface area contributed by atoms with E-state index >= 15 is 0 Å². The Morgan fingerprint density at radius 2 is 2.17 bits per heavy atom. The molecule has 0 spiro atoms.